The molecule has 1 amide bonds. The highest BCUT2D eigenvalue weighted by Gasteiger charge is 2.08. The summed E-state index contributed by atoms with van der Waals surface area (Å²) in [5, 5.41) is 11.3. The summed E-state index contributed by atoms with van der Waals surface area (Å²) in [6.07, 6.45) is 20.6. The molecule has 25 heavy (non-hydrogen) atoms. The van der Waals surface area contributed by atoms with Gasteiger partial charge in [0.15, 0.2) is 0 Å². The third-order valence-electron chi connectivity index (χ3n) is 4.71. The van der Waals surface area contributed by atoms with Gasteiger partial charge in [-0.3, -0.25) is 4.79 Å². The van der Waals surface area contributed by atoms with Crippen molar-refractivity contribution in [1.82, 2.24) is 5.32 Å². The van der Waals surface area contributed by atoms with Gasteiger partial charge in [-0.1, -0.05) is 96.8 Å². The van der Waals surface area contributed by atoms with Crippen molar-refractivity contribution in [3.63, 3.8) is 0 Å². The Hall–Kier alpha value is -0.900. The van der Waals surface area contributed by atoms with Crippen LogP contribution in [0.25, 0.3) is 0 Å². The quantitative estimate of drug-likeness (QED) is 0.255. The second kappa shape index (κ2) is 19.4. The molecule has 0 saturated carbocycles. The predicted molar refractivity (Wildman–Crippen MR) is 105 cm³/mol. The molecule has 0 aliphatic carbocycles. The number of hydrogen-bond donors (Lipinski definition) is 2. The Labute approximate surface area is 155 Å². The molecular formula is C21H41NO3. The lowest BCUT2D eigenvalue weighted by molar-refractivity contribution is -0.124. The van der Waals surface area contributed by atoms with E-state index in [1.165, 1.54) is 83.5 Å². The van der Waals surface area contributed by atoms with E-state index in [0.29, 0.717) is 12.7 Å². The fourth-order valence-corrected chi connectivity index (χ4v) is 3.06. The molecule has 0 bridgehead atoms. The molecule has 0 aromatic rings. The number of aliphatic hydroxyl groups excluding tert-OH is 1. The summed E-state index contributed by atoms with van der Waals surface area (Å²) in [6.45, 7) is 1.94. The van der Waals surface area contributed by atoms with Gasteiger partial charge in [-0.05, 0) is 6.42 Å². The molecule has 4 nitrogen and oxygen atoms in total. The zero-order valence-corrected chi connectivity index (χ0v) is 16.4. The number of amides is 1. The van der Waals surface area contributed by atoms with Gasteiger partial charge in [0.25, 0.3) is 0 Å². The van der Waals surface area contributed by atoms with Crippen LogP contribution in [0, 0.1) is 0 Å². The maximum Gasteiger partial charge on any atom is 0.220 e. The van der Waals surface area contributed by atoms with Crippen LogP contribution in [0.2, 0.25) is 0 Å². The Bertz CT molecular complexity index is 308. The molecule has 0 saturated heterocycles. The second-order valence-corrected chi connectivity index (χ2v) is 7.19. The van der Waals surface area contributed by atoms with Gasteiger partial charge in [-0.2, -0.15) is 0 Å². The molecule has 1 atom stereocenters. The zero-order valence-electron chi connectivity index (χ0n) is 16.4. The minimum atomic E-state index is -0.746. The van der Waals surface area contributed by atoms with Crippen molar-refractivity contribution in [2.75, 3.05) is 6.61 Å². The minimum absolute atomic E-state index is 0.138. The number of carbonyl (C=O) groups is 2. The van der Waals surface area contributed by atoms with Crippen LogP contribution in [-0.4, -0.2) is 29.9 Å². The number of aldehydes is 1. The van der Waals surface area contributed by atoms with Crippen molar-refractivity contribution in [1.29, 1.82) is 0 Å². The lowest BCUT2D eigenvalue weighted by Gasteiger charge is -2.09. The van der Waals surface area contributed by atoms with Crippen molar-refractivity contribution in [3.05, 3.63) is 0 Å². The van der Waals surface area contributed by atoms with Gasteiger partial charge in [0.05, 0.1) is 6.61 Å². The Morgan fingerprint density at radius 2 is 1.20 bits per heavy atom. The van der Waals surface area contributed by atoms with E-state index >= 15 is 0 Å². The Kier molecular flexibility index (Phi) is 18.7. The van der Waals surface area contributed by atoms with Crippen LogP contribution in [0.3, 0.4) is 0 Å². The van der Waals surface area contributed by atoms with E-state index in [4.69, 9.17) is 5.11 Å². The van der Waals surface area contributed by atoms with Crippen LogP contribution in [0.1, 0.15) is 110 Å². The number of rotatable bonds is 19. The summed E-state index contributed by atoms with van der Waals surface area (Å²) < 4.78 is 0. The minimum Gasteiger partial charge on any atom is -0.394 e. The standard InChI is InChI=1S/C21H41NO3/c1-2-3-4-5-6-7-8-9-10-11-12-13-14-15-16-17-21(25)22-20(18-23)19-24/h18,20,24H,2-17,19H2,1H3,(H,22,25). The van der Waals surface area contributed by atoms with Gasteiger partial charge >= 0.3 is 0 Å². The molecule has 1 unspecified atom stereocenters. The highest BCUT2D eigenvalue weighted by molar-refractivity contribution is 5.79. The smallest absolute Gasteiger partial charge is 0.220 e. The highest BCUT2D eigenvalue weighted by atomic mass is 16.3. The van der Waals surface area contributed by atoms with E-state index in [0.717, 1.165) is 12.8 Å². The predicted octanol–water partition coefficient (Wildman–Crippen LogP) is 4.92. The molecule has 0 aliphatic rings. The summed E-state index contributed by atoms with van der Waals surface area (Å²) >= 11 is 0. The molecule has 0 aromatic carbocycles. The number of unbranched alkanes of at least 4 members (excludes halogenated alkanes) is 14. The number of aliphatic hydroxyl groups is 1. The van der Waals surface area contributed by atoms with Gasteiger partial charge in [0.1, 0.15) is 12.3 Å². The van der Waals surface area contributed by atoms with E-state index in [1.807, 2.05) is 0 Å². The maximum atomic E-state index is 11.5. The second-order valence-electron chi connectivity index (χ2n) is 7.19. The van der Waals surface area contributed by atoms with E-state index in [2.05, 4.69) is 12.2 Å². The van der Waals surface area contributed by atoms with Crippen LogP contribution < -0.4 is 5.32 Å². The van der Waals surface area contributed by atoms with Crippen molar-refractivity contribution in [3.8, 4) is 0 Å². The maximum absolute atomic E-state index is 11.5. The Morgan fingerprint density at radius 3 is 1.56 bits per heavy atom. The summed E-state index contributed by atoms with van der Waals surface area (Å²) in [5.41, 5.74) is 0. The van der Waals surface area contributed by atoms with Crippen molar-refractivity contribution >= 4 is 12.2 Å². The molecule has 0 fully saturated rings. The Balaban J connectivity index is 3.18. The van der Waals surface area contributed by atoms with E-state index in [1.54, 1.807) is 0 Å². The molecule has 2 N–H and O–H groups in total. The molecule has 0 radical (unpaired) electrons. The zero-order chi connectivity index (χ0) is 18.6. The van der Waals surface area contributed by atoms with Crippen LogP contribution in [0.5, 0.6) is 0 Å². The van der Waals surface area contributed by atoms with Crippen LogP contribution in [-0.2, 0) is 9.59 Å². The van der Waals surface area contributed by atoms with Crippen LogP contribution in [0.15, 0.2) is 0 Å². The third-order valence-corrected chi connectivity index (χ3v) is 4.71. The molecule has 0 spiro atoms. The van der Waals surface area contributed by atoms with Crippen molar-refractivity contribution in [2.45, 2.75) is 116 Å². The van der Waals surface area contributed by atoms with Crippen LogP contribution in [0.4, 0.5) is 0 Å². The molecule has 148 valence electrons. The summed E-state index contributed by atoms with van der Waals surface area (Å²) in [7, 11) is 0. The monoisotopic (exact) mass is 355 g/mol. The fraction of sp³-hybridized carbons (Fsp3) is 0.905. The first-order valence-corrected chi connectivity index (χ1v) is 10.6. The average molecular weight is 356 g/mol. The topological polar surface area (TPSA) is 66.4 Å². The van der Waals surface area contributed by atoms with Gasteiger partial charge in [-0.15, -0.1) is 0 Å². The lowest BCUT2D eigenvalue weighted by Crippen LogP contribution is -2.38. The number of nitrogens with one attached hydrogen (secondary N) is 1. The summed E-state index contributed by atoms with van der Waals surface area (Å²) in [6, 6.07) is -0.746. The molecule has 0 rings (SSSR count). The Morgan fingerprint density at radius 1 is 0.800 bits per heavy atom. The van der Waals surface area contributed by atoms with E-state index in [-0.39, 0.29) is 12.5 Å². The average Bonchev–Trinajstić information content (AvgIpc) is 2.62. The number of carbonyl (C=O) groups excluding carboxylic acids is 2. The van der Waals surface area contributed by atoms with Gasteiger partial charge in [0.2, 0.25) is 5.91 Å². The highest BCUT2D eigenvalue weighted by Crippen LogP contribution is 2.13. The summed E-state index contributed by atoms with van der Waals surface area (Å²) in [4.78, 5) is 22.0. The first-order chi connectivity index (χ1) is 12.2. The van der Waals surface area contributed by atoms with Crippen molar-refractivity contribution in [2.24, 2.45) is 0 Å². The SMILES string of the molecule is CCCCCCCCCCCCCCCCCC(=O)NC(C=O)CO. The molecule has 4 heteroatoms. The number of hydrogen-bond acceptors (Lipinski definition) is 3. The lowest BCUT2D eigenvalue weighted by atomic mass is 10.0. The molecular weight excluding hydrogens is 314 g/mol. The molecule has 0 aliphatic heterocycles. The van der Waals surface area contributed by atoms with Gasteiger partial charge in [0, 0.05) is 6.42 Å². The van der Waals surface area contributed by atoms with E-state index < -0.39 is 6.04 Å². The van der Waals surface area contributed by atoms with Gasteiger partial charge < -0.3 is 15.2 Å². The van der Waals surface area contributed by atoms with Crippen LogP contribution >= 0.6 is 0 Å². The first kappa shape index (κ1) is 24.1. The normalized spacial score (nSPS) is 12.1. The fourth-order valence-electron chi connectivity index (χ4n) is 3.06. The van der Waals surface area contributed by atoms with E-state index in [9.17, 15) is 9.59 Å². The third kappa shape index (κ3) is 17.7. The first-order valence-electron chi connectivity index (χ1n) is 10.6. The van der Waals surface area contributed by atoms with Crippen molar-refractivity contribution < 1.29 is 14.7 Å². The molecule has 0 heterocycles. The van der Waals surface area contributed by atoms with Gasteiger partial charge in [-0.25, -0.2) is 0 Å². The largest absolute Gasteiger partial charge is 0.394 e. The summed E-state index contributed by atoms with van der Waals surface area (Å²) in [5.74, 6) is -0.138. The molecule has 0 aromatic heterocycles.